The van der Waals surface area contributed by atoms with Crippen LogP contribution in [0.15, 0.2) is 17.5 Å². The van der Waals surface area contributed by atoms with Gasteiger partial charge in [-0.15, -0.1) is 21.5 Å². The van der Waals surface area contributed by atoms with Gasteiger partial charge in [-0.2, -0.15) is 0 Å². The SMILES string of the molecule is CCCCc1nnc(NC(=O)CCCc2cccs2)s1. The molecule has 0 spiro atoms. The number of nitrogens with zero attached hydrogens (tertiary/aromatic N) is 2. The summed E-state index contributed by atoms with van der Waals surface area (Å²) in [6, 6.07) is 4.15. The molecule has 4 nitrogen and oxygen atoms in total. The topological polar surface area (TPSA) is 54.9 Å². The molecule has 20 heavy (non-hydrogen) atoms. The Morgan fingerprint density at radius 3 is 2.95 bits per heavy atom. The molecular formula is C14H19N3OS2. The van der Waals surface area contributed by atoms with E-state index in [0.717, 1.165) is 37.1 Å². The van der Waals surface area contributed by atoms with Gasteiger partial charge in [-0.25, -0.2) is 0 Å². The third-order valence-corrected chi connectivity index (χ3v) is 4.70. The van der Waals surface area contributed by atoms with Crippen LogP contribution in [0, 0.1) is 0 Å². The van der Waals surface area contributed by atoms with Gasteiger partial charge < -0.3 is 5.32 Å². The van der Waals surface area contributed by atoms with Gasteiger partial charge in [0.15, 0.2) is 0 Å². The lowest BCUT2D eigenvalue weighted by Crippen LogP contribution is -2.11. The van der Waals surface area contributed by atoms with E-state index in [9.17, 15) is 4.79 Å². The molecule has 0 saturated carbocycles. The van der Waals surface area contributed by atoms with Gasteiger partial charge in [0.1, 0.15) is 5.01 Å². The molecule has 0 radical (unpaired) electrons. The van der Waals surface area contributed by atoms with Gasteiger partial charge in [0.25, 0.3) is 0 Å². The van der Waals surface area contributed by atoms with Gasteiger partial charge >= 0.3 is 0 Å². The Morgan fingerprint density at radius 1 is 1.30 bits per heavy atom. The van der Waals surface area contributed by atoms with Gasteiger partial charge in [0.2, 0.25) is 11.0 Å². The highest BCUT2D eigenvalue weighted by Gasteiger charge is 2.08. The maximum atomic E-state index is 11.8. The predicted molar refractivity (Wildman–Crippen MR) is 84.4 cm³/mol. The molecule has 0 saturated heterocycles. The fourth-order valence-electron chi connectivity index (χ4n) is 1.79. The number of aryl methyl sites for hydroxylation is 2. The standard InChI is InChI=1S/C14H19N3OS2/c1-2-3-9-13-16-17-14(20-13)15-12(18)8-4-6-11-7-5-10-19-11/h5,7,10H,2-4,6,8-9H2,1H3,(H,15,17,18). The maximum Gasteiger partial charge on any atom is 0.226 e. The van der Waals surface area contributed by atoms with E-state index in [2.05, 4.69) is 33.9 Å². The minimum atomic E-state index is 0.0275. The molecule has 0 atom stereocenters. The molecule has 0 bridgehead atoms. The number of amides is 1. The lowest BCUT2D eigenvalue weighted by molar-refractivity contribution is -0.116. The molecule has 0 aliphatic carbocycles. The zero-order valence-corrected chi connectivity index (χ0v) is 13.2. The lowest BCUT2D eigenvalue weighted by Gasteiger charge is -2.00. The number of carbonyl (C=O) groups is 1. The quantitative estimate of drug-likeness (QED) is 0.804. The van der Waals surface area contributed by atoms with Gasteiger partial charge in [-0.1, -0.05) is 30.7 Å². The zero-order chi connectivity index (χ0) is 14.2. The fraction of sp³-hybridized carbons (Fsp3) is 0.500. The molecule has 6 heteroatoms. The Hall–Kier alpha value is -1.27. The monoisotopic (exact) mass is 309 g/mol. The van der Waals surface area contributed by atoms with Gasteiger partial charge in [0.05, 0.1) is 0 Å². The van der Waals surface area contributed by atoms with E-state index >= 15 is 0 Å². The van der Waals surface area contributed by atoms with Crippen molar-refractivity contribution in [3.05, 3.63) is 27.4 Å². The first-order valence-corrected chi connectivity index (χ1v) is 8.62. The molecular weight excluding hydrogens is 290 g/mol. The molecule has 1 N–H and O–H groups in total. The molecule has 2 aromatic rings. The van der Waals surface area contributed by atoms with Crippen LogP contribution in [0.5, 0.6) is 0 Å². The van der Waals surface area contributed by atoms with Crippen LogP contribution in [0.3, 0.4) is 0 Å². The van der Waals surface area contributed by atoms with E-state index in [1.54, 1.807) is 11.3 Å². The second-order valence-corrected chi connectivity index (χ2v) is 6.68. The van der Waals surface area contributed by atoms with E-state index in [4.69, 9.17) is 0 Å². The summed E-state index contributed by atoms with van der Waals surface area (Å²) in [5.74, 6) is 0.0275. The molecule has 0 unspecified atom stereocenters. The molecule has 0 aliphatic heterocycles. The van der Waals surface area contributed by atoms with Crippen LogP contribution in [-0.4, -0.2) is 16.1 Å². The Labute approximate surface area is 127 Å². The average molecular weight is 309 g/mol. The summed E-state index contributed by atoms with van der Waals surface area (Å²) >= 11 is 3.22. The molecule has 1 amide bonds. The van der Waals surface area contributed by atoms with Crippen molar-refractivity contribution in [3.8, 4) is 0 Å². The first-order chi connectivity index (χ1) is 9.78. The lowest BCUT2D eigenvalue weighted by atomic mass is 10.2. The molecule has 0 aromatic carbocycles. The number of unbranched alkanes of at least 4 members (excludes halogenated alkanes) is 1. The molecule has 2 heterocycles. The summed E-state index contributed by atoms with van der Waals surface area (Å²) in [7, 11) is 0. The number of thiophene rings is 1. The summed E-state index contributed by atoms with van der Waals surface area (Å²) in [5.41, 5.74) is 0. The van der Waals surface area contributed by atoms with Crippen molar-refractivity contribution >= 4 is 33.7 Å². The molecule has 0 aliphatic rings. The van der Waals surface area contributed by atoms with Crippen LogP contribution < -0.4 is 5.32 Å². The summed E-state index contributed by atoms with van der Waals surface area (Å²) < 4.78 is 0. The Balaban J connectivity index is 1.69. The number of anilines is 1. The van der Waals surface area contributed by atoms with E-state index in [1.807, 2.05) is 6.07 Å². The number of carbonyl (C=O) groups excluding carboxylic acids is 1. The van der Waals surface area contributed by atoms with E-state index in [-0.39, 0.29) is 5.91 Å². The first kappa shape index (κ1) is 15.1. The number of hydrogen-bond donors (Lipinski definition) is 1. The molecule has 2 aromatic heterocycles. The third-order valence-electron chi connectivity index (χ3n) is 2.86. The van der Waals surface area contributed by atoms with E-state index < -0.39 is 0 Å². The maximum absolute atomic E-state index is 11.8. The van der Waals surface area contributed by atoms with Gasteiger partial charge in [-0.05, 0) is 30.7 Å². The highest BCUT2D eigenvalue weighted by atomic mass is 32.1. The van der Waals surface area contributed by atoms with Crippen LogP contribution in [-0.2, 0) is 17.6 Å². The highest BCUT2D eigenvalue weighted by Crippen LogP contribution is 2.18. The van der Waals surface area contributed by atoms with Crippen molar-refractivity contribution in [2.24, 2.45) is 0 Å². The van der Waals surface area contributed by atoms with Crippen molar-refractivity contribution in [1.82, 2.24) is 10.2 Å². The van der Waals surface area contributed by atoms with Crippen molar-refractivity contribution in [2.45, 2.75) is 45.4 Å². The number of nitrogens with one attached hydrogen (secondary N) is 1. The molecule has 0 fully saturated rings. The summed E-state index contributed by atoms with van der Waals surface area (Å²) in [5, 5.41) is 14.6. The molecule has 2 rings (SSSR count). The van der Waals surface area contributed by atoms with Crippen LogP contribution in [0.4, 0.5) is 5.13 Å². The van der Waals surface area contributed by atoms with Crippen molar-refractivity contribution in [1.29, 1.82) is 0 Å². The summed E-state index contributed by atoms with van der Waals surface area (Å²) in [4.78, 5) is 13.1. The Bertz CT molecular complexity index is 522. The van der Waals surface area contributed by atoms with E-state index in [1.165, 1.54) is 16.2 Å². The highest BCUT2D eigenvalue weighted by molar-refractivity contribution is 7.15. The minimum Gasteiger partial charge on any atom is -0.301 e. The number of aromatic nitrogens is 2. The average Bonchev–Trinajstić information content (AvgIpc) is 3.08. The van der Waals surface area contributed by atoms with Crippen LogP contribution in [0.25, 0.3) is 0 Å². The summed E-state index contributed by atoms with van der Waals surface area (Å²) in [6.45, 7) is 2.15. The summed E-state index contributed by atoms with van der Waals surface area (Å²) in [6.07, 6.45) is 5.56. The van der Waals surface area contributed by atoms with Crippen molar-refractivity contribution < 1.29 is 4.79 Å². The first-order valence-electron chi connectivity index (χ1n) is 6.92. The fourth-order valence-corrected chi connectivity index (χ4v) is 3.34. The van der Waals surface area contributed by atoms with Gasteiger partial charge in [0, 0.05) is 17.7 Å². The van der Waals surface area contributed by atoms with Crippen LogP contribution >= 0.6 is 22.7 Å². The number of hydrogen-bond acceptors (Lipinski definition) is 5. The number of rotatable bonds is 8. The van der Waals surface area contributed by atoms with Crippen LogP contribution in [0.2, 0.25) is 0 Å². The Morgan fingerprint density at radius 2 is 2.20 bits per heavy atom. The van der Waals surface area contributed by atoms with Crippen LogP contribution in [0.1, 0.15) is 42.5 Å². The largest absolute Gasteiger partial charge is 0.301 e. The second-order valence-electron chi connectivity index (χ2n) is 4.59. The third kappa shape index (κ3) is 5.02. The predicted octanol–water partition coefficient (Wildman–Crippen LogP) is 3.90. The normalized spacial score (nSPS) is 10.7. The van der Waals surface area contributed by atoms with Gasteiger partial charge in [-0.3, -0.25) is 4.79 Å². The molecule has 108 valence electrons. The van der Waals surface area contributed by atoms with E-state index in [0.29, 0.717) is 11.6 Å². The second kappa shape index (κ2) is 8.11. The van der Waals surface area contributed by atoms with Crippen molar-refractivity contribution in [2.75, 3.05) is 5.32 Å². The van der Waals surface area contributed by atoms with Crippen molar-refractivity contribution in [3.63, 3.8) is 0 Å². The minimum absolute atomic E-state index is 0.0275. The zero-order valence-electron chi connectivity index (χ0n) is 11.6. The smallest absolute Gasteiger partial charge is 0.226 e. The Kier molecular flexibility index (Phi) is 6.14.